The molecule has 0 fully saturated rings. The van der Waals surface area contributed by atoms with Crippen molar-refractivity contribution < 1.29 is 21.1 Å². The van der Waals surface area contributed by atoms with Crippen LogP contribution in [0.3, 0.4) is 0 Å². The molecule has 0 atom stereocenters. The van der Waals surface area contributed by atoms with Gasteiger partial charge >= 0.3 is 30.0 Å². The van der Waals surface area contributed by atoms with Gasteiger partial charge in [0.2, 0.25) is 0 Å². The molecular formula is C11H13BrOZn. The first-order valence-electron chi connectivity index (χ1n) is 4.34. The van der Waals surface area contributed by atoms with Crippen LogP contribution in [0.2, 0.25) is 0 Å². The summed E-state index contributed by atoms with van der Waals surface area (Å²) < 4.78 is 5.37. The number of halogens is 1. The van der Waals surface area contributed by atoms with E-state index in [4.69, 9.17) is 4.74 Å². The molecule has 0 aliphatic heterocycles. The van der Waals surface area contributed by atoms with E-state index in [0.717, 1.165) is 13.0 Å². The van der Waals surface area contributed by atoms with Crippen molar-refractivity contribution in [2.45, 2.75) is 13.0 Å². The number of ether oxygens (including phenoxy) is 1. The van der Waals surface area contributed by atoms with Gasteiger partial charge < -0.3 is 4.74 Å². The molecule has 0 saturated carbocycles. The van der Waals surface area contributed by atoms with Gasteiger partial charge in [-0.2, -0.15) is 30.3 Å². The first-order chi connectivity index (χ1) is 6.93. The van der Waals surface area contributed by atoms with Gasteiger partial charge in [0.05, 0.1) is 0 Å². The van der Waals surface area contributed by atoms with Gasteiger partial charge in [-0.1, -0.05) is 6.08 Å². The molecule has 1 rings (SSSR count). The quantitative estimate of drug-likeness (QED) is 0.350. The Morgan fingerprint density at radius 2 is 2.36 bits per heavy atom. The van der Waals surface area contributed by atoms with Crippen LogP contribution in [0.1, 0.15) is 12.0 Å². The van der Waals surface area contributed by atoms with Crippen LogP contribution in [0, 0.1) is 6.07 Å². The Balaban J connectivity index is 0.000000791. The van der Waals surface area contributed by atoms with Gasteiger partial charge in [0.1, 0.15) is 0 Å². The van der Waals surface area contributed by atoms with Crippen molar-refractivity contribution in [1.82, 2.24) is 0 Å². The summed E-state index contributed by atoms with van der Waals surface area (Å²) in [5.74, 6) is 0. The fourth-order valence-corrected chi connectivity index (χ4v) is 0.877. The molecule has 0 saturated heterocycles. The Hall–Kier alpha value is 0.0234. The monoisotopic (exact) mass is 304 g/mol. The molecule has 0 radical (unpaired) electrons. The number of benzene rings is 1. The summed E-state index contributed by atoms with van der Waals surface area (Å²) in [6.45, 7) is 5.04. The molecule has 0 aliphatic rings. The molecule has 1 aromatic carbocycles. The maximum absolute atomic E-state index is 5.37. The van der Waals surface area contributed by atoms with Crippen molar-refractivity contribution in [3.05, 3.63) is 48.6 Å². The predicted molar refractivity (Wildman–Crippen MR) is 58.7 cm³/mol. The van der Waals surface area contributed by atoms with Gasteiger partial charge in [0.25, 0.3) is 0 Å². The zero-order chi connectivity index (χ0) is 10.6. The van der Waals surface area contributed by atoms with Crippen molar-refractivity contribution in [1.29, 1.82) is 0 Å². The van der Waals surface area contributed by atoms with Gasteiger partial charge in [-0.05, 0) is 6.42 Å². The van der Waals surface area contributed by atoms with E-state index in [1.165, 1.54) is 21.9 Å². The van der Waals surface area contributed by atoms with Gasteiger partial charge in [-0.15, -0.1) is 12.1 Å². The molecule has 3 heteroatoms. The van der Waals surface area contributed by atoms with Crippen LogP contribution >= 0.6 is 13.6 Å². The molecule has 0 N–H and O–H groups in total. The topological polar surface area (TPSA) is 9.23 Å². The Kier molecular flexibility index (Phi) is 11.1. The molecule has 0 bridgehead atoms. The van der Waals surface area contributed by atoms with Crippen LogP contribution in [0.5, 0.6) is 0 Å². The number of hydrogen-bond donors (Lipinski definition) is 0. The standard InChI is InChI=1S/C11H13O.BrH.Zn/c1-2-3-9-12-10-11-7-5-4-6-8-11;;/h2,4-5,7-8H,1,3,9-10H2;1H;/q-1;;+2/p-1. The van der Waals surface area contributed by atoms with Gasteiger partial charge in [-0.3, -0.25) is 0 Å². The van der Waals surface area contributed by atoms with E-state index >= 15 is 0 Å². The SMILES string of the molecule is C=CCCOCc1c[c-]ccc1.[Zn+][Br]. The van der Waals surface area contributed by atoms with Gasteiger partial charge in [0.15, 0.2) is 0 Å². The first-order valence-corrected chi connectivity index (χ1v) is 11.3. The van der Waals surface area contributed by atoms with Crippen molar-refractivity contribution in [3.8, 4) is 0 Å². The van der Waals surface area contributed by atoms with Crippen LogP contribution in [-0.4, -0.2) is 6.61 Å². The molecule has 0 heterocycles. The van der Waals surface area contributed by atoms with Crippen LogP contribution in [0.15, 0.2) is 36.9 Å². The minimum atomic E-state index is 0.672. The molecule has 1 nitrogen and oxygen atoms in total. The number of hydrogen-bond acceptors (Lipinski definition) is 1. The summed E-state index contributed by atoms with van der Waals surface area (Å²) in [5, 5.41) is 0. The Labute approximate surface area is 103 Å². The molecule has 1 aromatic rings. The normalized spacial score (nSPS) is 8.79. The van der Waals surface area contributed by atoms with E-state index in [9.17, 15) is 0 Å². The van der Waals surface area contributed by atoms with Crippen molar-refractivity contribution >= 4 is 13.6 Å². The summed E-state index contributed by atoms with van der Waals surface area (Å²) in [6.07, 6.45) is 2.77. The Morgan fingerprint density at radius 1 is 1.57 bits per heavy atom. The van der Waals surface area contributed by atoms with E-state index in [-0.39, 0.29) is 0 Å². The summed E-state index contributed by atoms with van der Waals surface area (Å²) in [4.78, 5) is 0. The molecule has 0 spiro atoms. The van der Waals surface area contributed by atoms with Crippen LogP contribution in [-0.2, 0) is 27.7 Å². The molecular weight excluding hydrogens is 293 g/mol. The van der Waals surface area contributed by atoms with E-state index < -0.39 is 0 Å². The number of rotatable bonds is 5. The van der Waals surface area contributed by atoms with Crippen LogP contribution in [0.25, 0.3) is 0 Å². The van der Waals surface area contributed by atoms with Crippen LogP contribution < -0.4 is 0 Å². The van der Waals surface area contributed by atoms with Gasteiger partial charge in [0, 0.05) is 13.2 Å². The zero-order valence-electron chi connectivity index (χ0n) is 8.21. The second kappa shape index (κ2) is 11.1. The van der Waals surface area contributed by atoms with E-state index in [2.05, 4.69) is 26.3 Å². The fourth-order valence-electron chi connectivity index (χ4n) is 0.877. The minimum absolute atomic E-state index is 0.672. The van der Waals surface area contributed by atoms with Crippen molar-refractivity contribution in [3.63, 3.8) is 0 Å². The second-order valence-corrected chi connectivity index (χ2v) is 2.54. The van der Waals surface area contributed by atoms with E-state index in [1.807, 2.05) is 30.3 Å². The third-order valence-corrected chi connectivity index (χ3v) is 1.51. The molecule has 0 aromatic heterocycles. The van der Waals surface area contributed by atoms with E-state index in [0.29, 0.717) is 6.61 Å². The zero-order valence-corrected chi connectivity index (χ0v) is 12.8. The molecule has 0 amide bonds. The fraction of sp³-hybridized carbons (Fsp3) is 0.273. The summed E-state index contributed by atoms with van der Waals surface area (Å²) in [5.41, 5.74) is 1.17. The van der Waals surface area contributed by atoms with E-state index in [1.54, 1.807) is 0 Å². The summed E-state index contributed by atoms with van der Waals surface area (Å²) >= 11 is 4.25. The Morgan fingerprint density at radius 3 is 2.93 bits per heavy atom. The third kappa shape index (κ3) is 7.43. The molecule has 72 valence electrons. The van der Waals surface area contributed by atoms with Crippen molar-refractivity contribution in [2.24, 2.45) is 0 Å². The first kappa shape index (κ1) is 14.0. The average Bonchev–Trinajstić information content (AvgIpc) is 2.29. The molecule has 0 aliphatic carbocycles. The van der Waals surface area contributed by atoms with Crippen LogP contribution in [0.4, 0.5) is 0 Å². The summed E-state index contributed by atoms with van der Waals surface area (Å²) in [7, 11) is 0. The average molecular weight is 307 g/mol. The van der Waals surface area contributed by atoms with Crippen molar-refractivity contribution in [2.75, 3.05) is 6.61 Å². The Bertz CT molecular complexity index is 226. The molecule has 14 heavy (non-hydrogen) atoms. The summed E-state index contributed by atoms with van der Waals surface area (Å²) in [6, 6.07) is 10.8. The maximum atomic E-state index is 5.37. The third-order valence-electron chi connectivity index (χ3n) is 1.51. The predicted octanol–water partition coefficient (Wildman–Crippen LogP) is 3.42. The molecule has 0 unspecified atom stereocenters. The second-order valence-electron chi connectivity index (χ2n) is 2.54. The van der Waals surface area contributed by atoms with Gasteiger partial charge in [-0.25, -0.2) is 0 Å².